The molecule has 0 heterocycles. The summed E-state index contributed by atoms with van der Waals surface area (Å²) in [4.78, 5) is 12.1. The molecule has 0 aliphatic carbocycles. The van der Waals surface area contributed by atoms with Crippen molar-refractivity contribution in [1.29, 1.82) is 5.26 Å². The topological polar surface area (TPSA) is 64.9 Å². The van der Waals surface area contributed by atoms with Crippen LogP contribution < -0.4 is 10.6 Å². The molecule has 0 unspecified atom stereocenters. The van der Waals surface area contributed by atoms with Gasteiger partial charge in [0.25, 0.3) is 5.91 Å². The molecular formula is C19H19N3O. The van der Waals surface area contributed by atoms with Gasteiger partial charge in [0.15, 0.2) is 0 Å². The minimum absolute atomic E-state index is 0.0395. The van der Waals surface area contributed by atoms with E-state index in [1.165, 1.54) is 11.8 Å². The van der Waals surface area contributed by atoms with Gasteiger partial charge in [-0.15, -0.1) is 0 Å². The molecule has 4 heteroatoms. The van der Waals surface area contributed by atoms with E-state index in [0.29, 0.717) is 12.2 Å². The molecular weight excluding hydrogens is 286 g/mol. The second-order valence-corrected chi connectivity index (χ2v) is 5.36. The van der Waals surface area contributed by atoms with E-state index in [9.17, 15) is 4.79 Å². The molecule has 4 nitrogen and oxygen atoms in total. The van der Waals surface area contributed by atoms with Crippen LogP contribution in [0.3, 0.4) is 0 Å². The Balaban J connectivity index is 1.95. The molecule has 0 aliphatic heterocycles. The van der Waals surface area contributed by atoms with Gasteiger partial charge in [0, 0.05) is 18.4 Å². The zero-order valence-electron chi connectivity index (χ0n) is 13.3. The second-order valence-electron chi connectivity index (χ2n) is 5.36. The van der Waals surface area contributed by atoms with Gasteiger partial charge in [-0.05, 0) is 31.5 Å². The molecule has 0 aliphatic rings. The second kappa shape index (κ2) is 7.81. The summed E-state index contributed by atoms with van der Waals surface area (Å²) in [6, 6.07) is 17.4. The Morgan fingerprint density at radius 1 is 1.04 bits per heavy atom. The summed E-state index contributed by atoms with van der Waals surface area (Å²) < 4.78 is 0. The van der Waals surface area contributed by atoms with E-state index in [1.54, 1.807) is 0 Å². The van der Waals surface area contributed by atoms with Crippen molar-refractivity contribution in [3.8, 4) is 6.07 Å². The SMILES string of the molecule is Cc1ccc(CN/C=C(/C#N)C(=O)Nc2ccc(C)cc2)cc1. The van der Waals surface area contributed by atoms with E-state index < -0.39 is 5.91 Å². The van der Waals surface area contributed by atoms with Crippen molar-refractivity contribution in [2.24, 2.45) is 0 Å². The third kappa shape index (κ3) is 5.01. The van der Waals surface area contributed by atoms with Gasteiger partial charge in [-0.25, -0.2) is 0 Å². The van der Waals surface area contributed by atoms with Crippen molar-refractivity contribution in [2.75, 3.05) is 5.32 Å². The Hall–Kier alpha value is -3.06. The molecule has 2 aromatic rings. The van der Waals surface area contributed by atoms with Crippen LogP contribution in [0.5, 0.6) is 0 Å². The molecule has 0 atom stereocenters. The Labute approximate surface area is 136 Å². The minimum atomic E-state index is -0.423. The number of nitriles is 1. The number of carbonyl (C=O) groups excluding carboxylic acids is 1. The van der Waals surface area contributed by atoms with Crippen LogP contribution in [0.25, 0.3) is 0 Å². The predicted molar refractivity (Wildman–Crippen MR) is 91.5 cm³/mol. The Morgan fingerprint density at radius 3 is 2.17 bits per heavy atom. The van der Waals surface area contributed by atoms with Crippen LogP contribution in [0.4, 0.5) is 5.69 Å². The standard InChI is InChI=1S/C19H19N3O/c1-14-3-7-16(8-4-14)12-21-13-17(11-20)19(23)22-18-9-5-15(2)6-10-18/h3-10,13,21H,12H2,1-2H3,(H,22,23)/b17-13-. The first-order valence-electron chi connectivity index (χ1n) is 7.35. The molecule has 2 rings (SSSR count). The third-order valence-corrected chi connectivity index (χ3v) is 3.35. The Morgan fingerprint density at radius 2 is 1.61 bits per heavy atom. The molecule has 2 N–H and O–H groups in total. The Kier molecular flexibility index (Phi) is 5.54. The zero-order valence-corrected chi connectivity index (χ0v) is 13.3. The predicted octanol–water partition coefficient (Wildman–Crippen LogP) is 3.44. The van der Waals surface area contributed by atoms with Crippen molar-refractivity contribution in [3.05, 3.63) is 77.0 Å². The van der Waals surface area contributed by atoms with E-state index in [2.05, 4.69) is 10.6 Å². The lowest BCUT2D eigenvalue weighted by atomic mass is 10.1. The van der Waals surface area contributed by atoms with Crippen molar-refractivity contribution in [1.82, 2.24) is 5.32 Å². The van der Waals surface area contributed by atoms with Gasteiger partial charge in [0.05, 0.1) is 0 Å². The zero-order chi connectivity index (χ0) is 16.7. The van der Waals surface area contributed by atoms with Crippen molar-refractivity contribution >= 4 is 11.6 Å². The van der Waals surface area contributed by atoms with Crippen molar-refractivity contribution in [3.63, 3.8) is 0 Å². The number of nitrogens with one attached hydrogen (secondary N) is 2. The highest BCUT2D eigenvalue weighted by atomic mass is 16.1. The van der Waals surface area contributed by atoms with Crippen LogP contribution >= 0.6 is 0 Å². The molecule has 1 amide bonds. The molecule has 2 aromatic carbocycles. The molecule has 0 fully saturated rings. The largest absolute Gasteiger partial charge is 0.386 e. The fourth-order valence-corrected chi connectivity index (χ4v) is 1.96. The number of anilines is 1. The molecule has 116 valence electrons. The van der Waals surface area contributed by atoms with Gasteiger partial charge in [0.1, 0.15) is 11.6 Å². The van der Waals surface area contributed by atoms with Crippen LogP contribution in [0.1, 0.15) is 16.7 Å². The summed E-state index contributed by atoms with van der Waals surface area (Å²) in [7, 11) is 0. The minimum Gasteiger partial charge on any atom is -0.386 e. The number of hydrogen-bond donors (Lipinski definition) is 2. The van der Waals surface area contributed by atoms with E-state index >= 15 is 0 Å². The Bertz CT molecular complexity index is 738. The number of nitrogens with zero attached hydrogens (tertiary/aromatic N) is 1. The van der Waals surface area contributed by atoms with Crippen LogP contribution in [-0.4, -0.2) is 5.91 Å². The maximum absolute atomic E-state index is 12.1. The summed E-state index contributed by atoms with van der Waals surface area (Å²) >= 11 is 0. The number of carbonyl (C=O) groups is 1. The number of rotatable bonds is 5. The third-order valence-electron chi connectivity index (χ3n) is 3.35. The van der Waals surface area contributed by atoms with E-state index in [0.717, 1.165) is 11.1 Å². The van der Waals surface area contributed by atoms with Gasteiger partial charge in [-0.3, -0.25) is 4.79 Å². The number of hydrogen-bond acceptors (Lipinski definition) is 3. The van der Waals surface area contributed by atoms with Crippen LogP contribution in [0.2, 0.25) is 0 Å². The number of benzene rings is 2. The summed E-state index contributed by atoms with van der Waals surface area (Å²) in [5.74, 6) is -0.423. The summed E-state index contributed by atoms with van der Waals surface area (Å²) in [6.07, 6.45) is 1.45. The fraction of sp³-hybridized carbons (Fsp3) is 0.158. The quantitative estimate of drug-likeness (QED) is 0.657. The van der Waals surface area contributed by atoms with Crippen molar-refractivity contribution < 1.29 is 4.79 Å². The molecule has 0 spiro atoms. The number of aryl methyl sites for hydroxylation is 2. The molecule has 0 radical (unpaired) electrons. The van der Waals surface area contributed by atoms with Gasteiger partial charge in [-0.1, -0.05) is 47.5 Å². The molecule has 0 saturated carbocycles. The van der Waals surface area contributed by atoms with Crippen LogP contribution in [0, 0.1) is 25.2 Å². The summed E-state index contributed by atoms with van der Waals surface area (Å²) in [6.45, 7) is 4.56. The van der Waals surface area contributed by atoms with Crippen LogP contribution in [0.15, 0.2) is 60.3 Å². The highest BCUT2D eigenvalue weighted by Crippen LogP contribution is 2.10. The first-order chi connectivity index (χ1) is 11.1. The highest BCUT2D eigenvalue weighted by molar-refractivity contribution is 6.06. The van der Waals surface area contributed by atoms with Gasteiger partial charge in [-0.2, -0.15) is 5.26 Å². The summed E-state index contributed by atoms with van der Waals surface area (Å²) in [5, 5.41) is 14.8. The fourth-order valence-electron chi connectivity index (χ4n) is 1.96. The first-order valence-corrected chi connectivity index (χ1v) is 7.35. The number of amides is 1. The molecule has 23 heavy (non-hydrogen) atoms. The van der Waals surface area contributed by atoms with Gasteiger partial charge < -0.3 is 10.6 Å². The van der Waals surface area contributed by atoms with Gasteiger partial charge >= 0.3 is 0 Å². The average Bonchev–Trinajstić information content (AvgIpc) is 2.55. The lowest BCUT2D eigenvalue weighted by Crippen LogP contribution is -2.16. The average molecular weight is 305 g/mol. The first kappa shape index (κ1) is 16.3. The van der Waals surface area contributed by atoms with Crippen LogP contribution in [-0.2, 0) is 11.3 Å². The van der Waals surface area contributed by atoms with Crippen molar-refractivity contribution in [2.45, 2.75) is 20.4 Å². The normalized spacial score (nSPS) is 10.7. The maximum atomic E-state index is 12.1. The van der Waals surface area contributed by atoms with Gasteiger partial charge in [0.2, 0.25) is 0 Å². The lowest BCUT2D eigenvalue weighted by molar-refractivity contribution is -0.112. The molecule has 0 bridgehead atoms. The highest BCUT2D eigenvalue weighted by Gasteiger charge is 2.08. The smallest absolute Gasteiger partial charge is 0.267 e. The van der Waals surface area contributed by atoms with E-state index in [4.69, 9.17) is 5.26 Å². The monoisotopic (exact) mass is 305 g/mol. The maximum Gasteiger partial charge on any atom is 0.267 e. The van der Waals surface area contributed by atoms with E-state index in [1.807, 2.05) is 68.4 Å². The lowest BCUT2D eigenvalue weighted by Gasteiger charge is -2.06. The van der Waals surface area contributed by atoms with E-state index in [-0.39, 0.29) is 5.57 Å². The molecule has 0 aromatic heterocycles. The summed E-state index contributed by atoms with van der Waals surface area (Å²) in [5.41, 5.74) is 4.10. The molecule has 0 saturated heterocycles.